The van der Waals surface area contributed by atoms with Gasteiger partial charge in [0.1, 0.15) is 11.3 Å². The fourth-order valence-corrected chi connectivity index (χ4v) is 1.55. The first kappa shape index (κ1) is 10.4. The monoisotopic (exact) mass is 216 g/mol. The van der Waals surface area contributed by atoms with Gasteiger partial charge in [-0.15, -0.1) is 0 Å². The highest BCUT2D eigenvalue weighted by atomic mass is 16.5. The number of primary amides is 1. The van der Waals surface area contributed by atoms with Crippen LogP contribution in [0.25, 0.3) is 10.9 Å². The number of amides is 1. The summed E-state index contributed by atoms with van der Waals surface area (Å²) < 4.78 is 5.30. The smallest absolute Gasteiger partial charge is 0.255 e. The molecule has 0 radical (unpaired) electrons. The quantitative estimate of drug-likeness (QED) is 0.843. The van der Waals surface area contributed by atoms with Crippen LogP contribution in [0.15, 0.2) is 30.5 Å². The number of rotatable bonds is 3. The molecule has 0 aliphatic rings. The number of ether oxygens (including phenoxy) is 1. The van der Waals surface area contributed by atoms with Crippen LogP contribution in [0.2, 0.25) is 0 Å². The molecule has 0 atom stereocenters. The van der Waals surface area contributed by atoms with E-state index in [0.29, 0.717) is 5.75 Å². The van der Waals surface area contributed by atoms with Crippen molar-refractivity contribution in [2.24, 2.45) is 5.73 Å². The second-order valence-corrected chi connectivity index (χ2v) is 3.54. The summed E-state index contributed by atoms with van der Waals surface area (Å²) in [7, 11) is 0. The lowest BCUT2D eigenvalue weighted by atomic mass is 10.1. The summed E-state index contributed by atoms with van der Waals surface area (Å²) in [6.45, 7) is 1.87. The normalized spacial score (nSPS) is 10.3. The minimum Gasteiger partial charge on any atom is -0.481 e. The molecule has 1 amide bonds. The average molecular weight is 216 g/mol. The SMILES string of the molecule is Cc1ccnc2c(OCC(N)=O)cccc12. The number of para-hydroxylation sites is 1. The molecule has 1 aromatic carbocycles. The fourth-order valence-electron chi connectivity index (χ4n) is 1.55. The highest BCUT2D eigenvalue weighted by molar-refractivity contribution is 5.87. The molecule has 16 heavy (non-hydrogen) atoms. The first-order valence-electron chi connectivity index (χ1n) is 4.94. The number of nitrogens with two attached hydrogens (primary N) is 1. The van der Waals surface area contributed by atoms with Gasteiger partial charge in [0.25, 0.3) is 5.91 Å². The van der Waals surface area contributed by atoms with Gasteiger partial charge in [-0.05, 0) is 24.6 Å². The van der Waals surface area contributed by atoms with Crippen LogP contribution in [-0.2, 0) is 4.79 Å². The van der Waals surface area contributed by atoms with Crippen LogP contribution in [0.4, 0.5) is 0 Å². The highest BCUT2D eigenvalue weighted by Crippen LogP contribution is 2.25. The molecule has 4 nitrogen and oxygen atoms in total. The summed E-state index contributed by atoms with van der Waals surface area (Å²) in [6, 6.07) is 7.54. The van der Waals surface area contributed by atoms with Crippen molar-refractivity contribution >= 4 is 16.8 Å². The van der Waals surface area contributed by atoms with E-state index in [2.05, 4.69) is 4.98 Å². The number of carbonyl (C=O) groups is 1. The molecule has 0 bridgehead atoms. The predicted octanol–water partition coefficient (Wildman–Crippen LogP) is 1.41. The van der Waals surface area contributed by atoms with E-state index in [0.717, 1.165) is 16.5 Å². The van der Waals surface area contributed by atoms with Gasteiger partial charge in [-0.3, -0.25) is 9.78 Å². The number of carbonyl (C=O) groups excluding carboxylic acids is 1. The maximum Gasteiger partial charge on any atom is 0.255 e. The Bertz CT molecular complexity index is 538. The molecule has 1 heterocycles. The fraction of sp³-hybridized carbons (Fsp3) is 0.167. The minimum absolute atomic E-state index is 0.130. The molecule has 0 aliphatic carbocycles. The van der Waals surface area contributed by atoms with Crippen LogP contribution in [0, 0.1) is 6.92 Å². The molecule has 4 heteroatoms. The lowest BCUT2D eigenvalue weighted by Crippen LogP contribution is -2.20. The van der Waals surface area contributed by atoms with Gasteiger partial charge in [0.15, 0.2) is 6.61 Å². The van der Waals surface area contributed by atoms with Crippen LogP contribution in [0.5, 0.6) is 5.75 Å². The number of hydrogen-bond donors (Lipinski definition) is 1. The van der Waals surface area contributed by atoms with E-state index in [1.54, 1.807) is 12.3 Å². The number of aromatic nitrogens is 1. The third kappa shape index (κ3) is 1.95. The van der Waals surface area contributed by atoms with Crippen LogP contribution in [-0.4, -0.2) is 17.5 Å². The Balaban J connectivity index is 2.45. The van der Waals surface area contributed by atoms with Gasteiger partial charge in [-0.1, -0.05) is 12.1 Å². The maximum absolute atomic E-state index is 10.7. The van der Waals surface area contributed by atoms with Gasteiger partial charge in [0, 0.05) is 11.6 Å². The summed E-state index contributed by atoms with van der Waals surface area (Å²) in [4.78, 5) is 14.9. The van der Waals surface area contributed by atoms with Crippen LogP contribution >= 0.6 is 0 Å². The lowest BCUT2D eigenvalue weighted by molar-refractivity contribution is -0.119. The van der Waals surface area contributed by atoms with Crippen molar-refractivity contribution in [3.05, 3.63) is 36.0 Å². The molecule has 0 saturated heterocycles. The van der Waals surface area contributed by atoms with Gasteiger partial charge in [-0.25, -0.2) is 0 Å². The molecule has 2 aromatic rings. The van der Waals surface area contributed by atoms with E-state index >= 15 is 0 Å². The number of hydrogen-bond acceptors (Lipinski definition) is 3. The number of nitrogens with zero attached hydrogens (tertiary/aromatic N) is 1. The van der Waals surface area contributed by atoms with E-state index < -0.39 is 5.91 Å². The Morgan fingerprint density at radius 2 is 2.25 bits per heavy atom. The van der Waals surface area contributed by atoms with E-state index in [1.807, 2.05) is 25.1 Å². The van der Waals surface area contributed by atoms with Gasteiger partial charge >= 0.3 is 0 Å². The average Bonchev–Trinajstić information content (AvgIpc) is 2.27. The Kier molecular flexibility index (Phi) is 2.72. The van der Waals surface area contributed by atoms with Gasteiger partial charge < -0.3 is 10.5 Å². The number of aryl methyl sites for hydroxylation is 1. The van der Waals surface area contributed by atoms with Crippen molar-refractivity contribution in [1.29, 1.82) is 0 Å². The Labute approximate surface area is 93.0 Å². The molecule has 0 saturated carbocycles. The second-order valence-electron chi connectivity index (χ2n) is 3.54. The van der Waals surface area contributed by atoms with Crippen LogP contribution < -0.4 is 10.5 Å². The number of benzene rings is 1. The molecule has 82 valence electrons. The summed E-state index contributed by atoms with van der Waals surface area (Å²) in [6.07, 6.45) is 1.72. The Morgan fingerprint density at radius 1 is 1.44 bits per heavy atom. The molecule has 2 N–H and O–H groups in total. The molecule has 0 spiro atoms. The zero-order valence-electron chi connectivity index (χ0n) is 8.93. The molecule has 0 fully saturated rings. The molecular weight excluding hydrogens is 204 g/mol. The van der Waals surface area contributed by atoms with Gasteiger partial charge in [-0.2, -0.15) is 0 Å². The third-order valence-corrected chi connectivity index (χ3v) is 2.32. The number of fused-ring (bicyclic) bond motifs is 1. The van der Waals surface area contributed by atoms with Gasteiger partial charge in [0.05, 0.1) is 0 Å². The van der Waals surface area contributed by atoms with E-state index in [9.17, 15) is 4.79 Å². The third-order valence-electron chi connectivity index (χ3n) is 2.32. The lowest BCUT2D eigenvalue weighted by Gasteiger charge is -2.07. The number of pyridine rings is 1. The summed E-state index contributed by atoms with van der Waals surface area (Å²) >= 11 is 0. The van der Waals surface area contributed by atoms with Gasteiger partial charge in [0.2, 0.25) is 0 Å². The molecule has 0 aliphatic heterocycles. The highest BCUT2D eigenvalue weighted by Gasteiger charge is 2.05. The molecule has 2 rings (SSSR count). The van der Waals surface area contributed by atoms with E-state index in [-0.39, 0.29) is 6.61 Å². The zero-order valence-corrected chi connectivity index (χ0v) is 8.93. The predicted molar refractivity (Wildman–Crippen MR) is 61.2 cm³/mol. The van der Waals surface area contributed by atoms with Crippen molar-refractivity contribution < 1.29 is 9.53 Å². The zero-order chi connectivity index (χ0) is 11.5. The van der Waals surface area contributed by atoms with Crippen LogP contribution in [0.3, 0.4) is 0 Å². The van der Waals surface area contributed by atoms with Crippen molar-refractivity contribution in [1.82, 2.24) is 4.98 Å². The minimum atomic E-state index is -0.496. The van der Waals surface area contributed by atoms with Crippen molar-refractivity contribution in [2.75, 3.05) is 6.61 Å². The summed E-state index contributed by atoms with van der Waals surface area (Å²) in [5, 5.41) is 1.02. The maximum atomic E-state index is 10.7. The molecule has 1 aromatic heterocycles. The van der Waals surface area contributed by atoms with Crippen LogP contribution in [0.1, 0.15) is 5.56 Å². The Hall–Kier alpha value is -2.10. The molecule has 0 unspecified atom stereocenters. The standard InChI is InChI=1S/C12H12N2O2/c1-8-5-6-14-12-9(8)3-2-4-10(12)16-7-11(13)15/h2-6H,7H2,1H3,(H2,13,15). The van der Waals surface area contributed by atoms with Crippen molar-refractivity contribution in [3.63, 3.8) is 0 Å². The largest absolute Gasteiger partial charge is 0.481 e. The Morgan fingerprint density at radius 3 is 3.00 bits per heavy atom. The topological polar surface area (TPSA) is 65.2 Å². The van der Waals surface area contributed by atoms with Crippen molar-refractivity contribution in [3.8, 4) is 5.75 Å². The summed E-state index contributed by atoms with van der Waals surface area (Å²) in [5.74, 6) is 0.0876. The van der Waals surface area contributed by atoms with Crippen molar-refractivity contribution in [2.45, 2.75) is 6.92 Å². The van der Waals surface area contributed by atoms with E-state index in [1.165, 1.54) is 0 Å². The first-order valence-corrected chi connectivity index (χ1v) is 4.94. The second kappa shape index (κ2) is 4.18. The van der Waals surface area contributed by atoms with E-state index in [4.69, 9.17) is 10.5 Å². The summed E-state index contributed by atoms with van der Waals surface area (Å²) in [5.41, 5.74) is 6.90. The molecular formula is C12H12N2O2. The first-order chi connectivity index (χ1) is 7.68.